The molecule has 0 atom stereocenters. The molecule has 44 heavy (non-hydrogen) atoms. The zero-order valence-electron chi connectivity index (χ0n) is 24.5. The summed E-state index contributed by atoms with van der Waals surface area (Å²) in [6, 6.07) is 72.9. The van der Waals surface area contributed by atoms with Crippen LogP contribution in [0, 0.1) is 0 Å². The quantitative estimate of drug-likeness (QED) is 0.154. The Morgan fingerprint density at radius 3 is 0.886 bits per heavy atom. The van der Waals surface area contributed by atoms with Gasteiger partial charge >= 0.3 is 252 Å². The number of hydrogen-bond donors (Lipinski definition) is 0. The molecule has 0 aromatic heterocycles. The van der Waals surface area contributed by atoms with E-state index in [0.717, 1.165) is 17.1 Å². The summed E-state index contributed by atoms with van der Waals surface area (Å²) in [4.78, 5) is 2.30. The Labute approximate surface area is 263 Å². The van der Waals surface area contributed by atoms with Crippen molar-refractivity contribution in [2.45, 2.75) is 0 Å². The van der Waals surface area contributed by atoms with Crippen LogP contribution in [0.25, 0.3) is 11.1 Å². The molecular weight excluding hydrogens is 591 g/mol. The Morgan fingerprint density at radius 1 is 0.250 bits per heavy atom. The van der Waals surface area contributed by atoms with E-state index in [1.807, 2.05) is 0 Å². The molecule has 0 aliphatic rings. The molecule has 0 aliphatic carbocycles. The minimum atomic E-state index is -3.26. The molecule has 0 fully saturated rings. The molecule has 210 valence electrons. The number of rotatable bonds is 8. The standard InChI is InChI=1S/C42H33GeN/c1-6-16-36(17-7-1)43(37-18-8-2-9-19-37,38-20-10-3-11-21-38)39-30-26-34(27-31-39)35-28-32-42(33-29-35)44(40-22-12-4-13-23-40)41-24-14-5-15-25-41/h1-33H. The van der Waals surface area contributed by atoms with Crippen molar-refractivity contribution in [3.05, 3.63) is 200 Å². The number of hydrogen-bond acceptors (Lipinski definition) is 1. The summed E-state index contributed by atoms with van der Waals surface area (Å²) in [5, 5.41) is 0. The van der Waals surface area contributed by atoms with Crippen LogP contribution < -0.4 is 22.5 Å². The zero-order valence-corrected chi connectivity index (χ0v) is 26.6. The first kappa shape index (κ1) is 27.7. The van der Waals surface area contributed by atoms with E-state index in [2.05, 4.69) is 205 Å². The number of para-hydroxylation sites is 2. The van der Waals surface area contributed by atoms with Crippen LogP contribution in [0.4, 0.5) is 17.1 Å². The van der Waals surface area contributed by atoms with Crippen LogP contribution >= 0.6 is 0 Å². The van der Waals surface area contributed by atoms with Gasteiger partial charge in [-0.15, -0.1) is 0 Å². The molecule has 7 aromatic carbocycles. The molecule has 0 bridgehead atoms. The van der Waals surface area contributed by atoms with E-state index >= 15 is 0 Å². The second kappa shape index (κ2) is 12.6. The molecule has 0 radical (unpaired) electrons. The summed E-state index contributed by atoms with van der Waals surface area (Å²) in [7, 11) is 0. The third kappa shape index (κ3) is 5.28. The van der Waals surface area contributed by atoms with Gasteiger partial charge in [0.1, 0.15) is 0 Å². The van der Waals surface area contributed by atoms with Crippen molar-refractivity contribution < 1.29 is 0 Å². The molecule has 0 saturated heterocycles. The van der Waals surface area contributed by atoms with Gasteiger partial charge in [-0.1, -0.05) is 12.1 Å². The van der Waals surface area contributed by atoms with Gasteiger partial charge in [-0.3, -0.25) is 0 Å². The van der Waals surface area contributed by atoms with Crippen molar-refractivity contribution in [1.82, 2.24) is 0 Å². The van der Waals surface area contributed by atoms with E-state index in [4.69, 9.17) is 0 Å². The number of anilines is 3. The summed E-state index contributed by atoms with van der Waals surface area (Å²) in [6.45, 7) is 0. The maximum absolute atomic E-state index is 3.26. The summed E-state index contributed by atoms with van der Waals surface area (Å²) in [6.07, 6.45) is 0. The van der Waals surface area contributed by atoms with Crippen molar-refractivity contribution in [2.24, 2.45) is 0 Å². The van der Waals surface area contributed by atoms with E-state index in [1.165, 1.54) is 28.7 Å². The monoisotopic (exact) mass is 625 g/mol. The van der Waals surface area contributed by atoms with Gasteiger partial charge < -0.3 is 0 Å². The summed E-state index contributed by atoms with van der Waals surface area (Å²) < 4.78 is 5.73. The normalized spacial score (nSPS) is 11.2. The Bertz CT molecular complexity index is 1770. The van der Waals surface area contributed by atoms with Crippen LogP contribution in [0.2, 0.25) is 0 Å². The summed E-state index contributed by atoms with van der Waals surface area (Å²) >= 11 is -3.26. The molecule has 0 amide bonds. The van der Waals surface area contributed by atoms with Gasteiger partial charge in [-0.25, -0.2) is 0 Å². The Kier molecular flexibility index (Phi) is 7.95. The molecule has 2 heteroatoms. The van der Waals surface area contributed by atoms with E-state index < -0.39 is 13.3 Å². The predicted octanol–water partition coefficient (Wildman–Crippen LogP) is 8.20. The van der Waals surface area contributed by atoms with Gasteiger partial charge in [0.15, 0.2) is 0 Å². The van der Waals surface area contributed by atoms with Crippen LogP contribution in [-0.4, -0.2) is 13.3 Å². The Hall–Kier alpha value is -5.12. The first-order valence-electron chi connectivity index (χ1n) is 15.1. The van der Waals surface area contributed by atoms with Gasteiger partial charge in [0.25, 0.3) is 0 Å². The van der Waals surface area contributed by atoms with Crippen LogP contribution in [0.1, 0.15) is 0 Å². The van der Waals surface area contributed by atoms with Gasteiger partial charge in [0, 0.05) is 0 Å². The van der Waals surface area contributed by atoms with Gasteiger partial charge in [0.05, 0.1) is 0 Å². The van der Waals surface area contributed by atoms with Gasteiger partial charge in [0.2, 0.25) is 0 Å². The molecule has 0 unspecified atom stereocenters. The van der Waals surface area contributed by atoms with E-state index in [1.54, 1.807) is 0 Å². The van der Waals surface area contributed by atoms with Crippen LogP contribution in [-0.2, 0) is 0 Å². The molecule has 0 heterocycles. The Balaban J connectivity index is 1.30. The van der Waals surface area contributed by atoms with Crippen molar-refractivity contribution in [2.75, 3.05) is 4.90 Å². The first-order chi connectivity index (χ1) is 21.8. The fourth-order valence-electron chi connectivity index (χ4n) is 6.38. The fraction of sp³-hybridized carbons (Fsp3) is 0. The molecular formula is C42H33GeN. The third-order valence-electron chi connectivity index (χ3n) is 8.43. The molecule has 7 rings (SSSR count). The maximum atomic E-state index is 2.39. The molecule has 0 N–H and O–H groups in total. The SMILES string of the molecule is c1ccc(N(c2ccccc2)c2ccc(-c3cc[c]([Ge]([c]4ccccc4)([c]4ccccc4)[c]4ccccc4)cc3)cc2)cc1. The molecule has 0 saturated carbocycles. The summed E-state index contributed by atoms with van der Waals surface area (Å²) in [5.74, 6) is 0. The summed E-state index contributed by atoms with van der Waals surface area (Å²) in [5.41, 5.74) is 5.84. The van der Waals surface area contributed by atoms with E-state index in [-0.39, 0.29) is 0 Å². The van der Waals surface area contributed by atoms with Crippen molar-refractivity contribution >= 4 is 47.9 Å². The van der Waals surface area contributed by atoms with E-state index in [0.29, 0.717) is 0 Å². The number of benzene rings is 7. The second-order valence-corrected chi connectivity index (χ2v) is 19.0. The molecule has 0 spiro atoms. The third-order valence-corrected chi connectivity index (χ3v) is 18.5. The molecule has 1 nitrogen and oxygen atoms in total. The first-order valence-corrected chi connectivity index (χ1v) is 19.3. The van der Waals surface area contributed by atoms with Crippen LogP contribution in [0.5, 0.6) is 0 Å². The van der Waals surface area contributed by atoms with Gasteiger partial charge in [-0.05, 0) is 0 Å². The van der Waals surface area contributed by atoms with E-state index in [9.17, 15) is 0 Å². The predicted molar refractivity (Wildman–Crippen MR) is 190 cm³/mol. The molecule has 7 aromatic rings. The number of nitrogens with zero attached hydrogens (tertiary/aromatic N) is 1. The zero-order chi connectivity index (χ0) is 29.6. The van der Waals surface area contributed by atoms with Crippen molar-refractivity contribution in [1.29, 1.82) is 0 Å². The fourth-order valence-corrected chi connectivity index (χ4v) is 16.3. The van der Waals surface area contributed by atoms with Crippen molar-refractivity contribution in [3.8, 4) is 11.1 Å². The average Bonchev–Trinajstić information content (AvgIpc) is 3.12. The van der Waals surface area contributed by atoms with Crippen LogP contribution in [0.3, 0.4) is 0 Å². The van der Waals surface area contributed by atoms with Crippen molar-refractivity contribution in [3.63, 3.8) is 0 Å². The Morgan fingerprint density at radius 2 is 0.523 bits per heavy atom. The van der Waals surface area contributed by atoms with Crippen LogP contribution in [0.15, 0.2) is 200 Å². The molecule has 0 aliphatic heterocycles. The topological polar surface area (TPSA) is 3.24 Å². The average molecular weight is 624 g/mol. The van der Waals surface area contributed by atoms with Gasteiger partial charge in [-0.2, -0.15) is 0 Å². The second-order valence-electron chi connectivity index (χ2n) is 11.0. The minimum absolute atomic E-state index is 1.13.